The third-order valence-corrected chi connectivity index (χ3v) is 3.75. The summed E-state index contributed by atoms with van der Waals surface area (Å²) >= 11 is 0. The number of nitrogens with one attached hydrogen (secondary N) is 1. The Morgan fingerprint density at radius 2 is 1.95 bits per heavy atom. The fourth-order valence-electron chi connectivity index (χ4n) is 2.50. The molecule has 1 aromatic heterocycles. The summed E-state index contributed by atoms with van der Waals surface area (Å²) in [5.74, 6) is 0. The smallest absolute Gasteiger partial charge is 0.0741 e. The summed E-state index contributed by atoms with van der Waals surface area (Å²) in [6, 6.07) is 15.3. The van der Waals surface area contributed by atoms with E-state index in [9.17, 15) is 0 Å². The Balaban J connectivity index is 1.95. The topological polar surface area (TPSA) is 29.9 Å². The third kappa shape index (κ3) is 2.83. The number of aromatic nitrogens is 2. The molecule has 3 aromatic rings. The van der Waals surface area contributed by atoms with E-state index in [1.165, 1.54) is 16.5 Å². The fourth-order valence-corrected chi connectivity index (χ4v) is 2.50. The molecule has 3 rings (SSSR count). The van der Waals surface area contributed by atoms with Gasteiger partial charge in [-0.15, -0.1) is 0 Å². The lowest BCUT2D eigenvalue weighted by Crippen LogP contribution is -2.22. The van der Waals surface area contributed by atoms with E-state index in [0.29, 0.717) is 6.04 Å². The second kappa shape index (κ2) is 5.70. The molecule has 0 unspecified atom stereocenters. The minimum atomic E-state index is 0.499. The average Bonchev–Trinajstić information content (AvgIpc) is 2.89. The molecule has 21 heavy (non-hydrogen) atoms. The predicted octanol–water partition coefficient (Wildman–Crippen LogP) is 3.83. The van der Waals surface area contributed by atoms with Crippen molar-refractivity contribution >= 4 is 10.9 Å². The number of fused-ring (bicyclic) bond motifs is 1. The average molecular weight is 279 g/mol. The largest absolute Gasteiger partial charge is 0.310 e. The number of benzene rings is 2. The predicted molar refractivity (Wildman–Crippen MR) is 87.8 cm³/mol. The molecule has 0 radical (unpaired) electrons. The summed E-state index contributed by atoms with van der Waals surface area (Å²) in [5, 5.41) is 9.14. The molecule has 0 spiro atoms. The van der Waals surface area contributed by atoms with E-state index in [1.807, 2.05) is 23.0 Å². The molecule has 3 heteroatoms. The second-order valence-electron chi connectivity index (χ2n) is 5.76. The van der Waals surface area contributed by atoms with E-state index in [0.717, 1.165) is 17.7 Å². The molecule has 108 valence electrons. The molecule has 0 aliphatic carbocycles. The van der Waals surface area contributed by atoms with Crippen molar-refractivity contribution in [2.75, 3.05) is 0 Å². The monoisotopic (exact) mass is 279 g/mol. The van der Waals surface area contributed by atoms with Crippen molar-refractivity contribution in [2.45, 2.75) is 33.4 Å². The molecular weight excluding hydrogens is 258 g/mol. The number of rotatable bonds is 4. The summed E-state index contributed by atoms with van der Waals surface area (Å²) in [6.45, 7) is 7.40. The lowest BCUT2D eigenvalue weighted by molar-refractivity contribution is 0.587. The van der Waals surface area contributed by atoms with Gasteiger partial charge >= 0.3 is 0 Å². The molecule has 0 atom stereocenters. The normalized spacial score (nSPS) is 11.4. The Hall–Kier alpha value is -2.13. The zero-order chi connectivity index (χ0) is 14.8. The van der Waals surface area contributed by atoms with Gasteiger partial charge in [-0.25, -0.2) is 4.68 Å². The van der Waals surface area contributed by atoms with Crippen molar-refractivity contribution in [3.63, 3.8) is 0 Å². The Morgan fingerprint density at radius 1 is 1.14 bits per heavy atom. The minimum absolute atomic E-state index is 0.499. The van der Waals surface area contributed by atoms with E-state index in [4.69, 9.17) is 0 Å². The SMILES string of the molecule is Cc1cc(-n2ncc3ccccc32)ccc1CNC(C)C. The van der Waals surface area contributed by atoms with Crippen molar-refractivity contribution in [3.05, 3.63) is 59.8 Å². The quantitative estimate of drug-likeness (QED) is 0.786. The van der Waals surface area contributed by atoms with Gasteiger partial charge in [0.1, 0.15) is 0 Å². The number of hydrogen-bond donors (Lipinski definition) is 1. The van der Waals surface area contributed by atoms with E-state index >= 15 is 0 Å². The van der Waals surface area contributed by atoms with Crippen LogP contribution in [0.4, 0.5) is 0 Å². The summed E-state index contributed by atoms with van der Waals surface area (Å²) < 4.78 is 2.00. The van der Waals surface area contributed by atoms with Crippen molar-refractivity contribution in [1.82, 2.24) is 15.1 Å². The Morgan fingerprint density at radius 3 is 2.71 bits per heavy atom. The summed E-state index contributed by atoms with van der Waals surface area (Å²) in [4.78, 5) is 0. The van der Waals surface area contributed by atoms with E-state index in [-0.39, 0.29) is 0 Å². The van der Waals surface area contributed by atoms with E-state index in [2.05, 4.69) is 61.5 Å². The van der Waals surface area contributed by atoms with Gasteiger partial charge in [0.25, 0.3) is 0 Å². The molecule has 0 saturated heterocycles. The molecular formula is C18H21N3. The van der Waals surface area contributed by atoms with Crippen LogP contribution >= 0.6 is 0 Å². The lowest BCUT2D eigenvalue weighted by Gasteiger charge is -2.12. The Bertz CT molecular complexity index is 756. The first kappa shape index (κ1) is 13.8. The van der Waals surface area contributed by atoms with Crippen LogP contribution in [0.5, 0.6) is 0 Å². The maximum atomic E-state index is 4.51. The summed E-state index contributed by atoms with van der Waals surface area (Å²) in [6.07, 6.45) is 1.92. The number of aryl methyl sites for hydroxylation is 1. The molecule has 1 heterocycles. The maximum absolute atomic E-state index is 4.51. The maximum Gasteiger partial charge on any atom is 0.0741 e. The van der Waals surface area contributed by atoms with Gasteiger partial charge in [-0.1, -0.05) is 38.1 Å². The van der Waals surface area contributed by atoms with E-state index < -0.39 is 0 Å². The van der Waals surface area contributed by atoms with Gasteiger partial charge < -0.3 is 5.32 Å². The van der Waals surface area contributed by atoms with Gasteiger partial charge in [0.15, 0.2) is 0 Å². The Kier molecular flexibility index (Phi) is 3.76. The van der Waals surface area contributed by atoms with E-state index in [1.54, 1.807) is 0 Å². The molecule has 3 nitrogen and oxygen atoms in total. The first-order valence-corrected chi connectivity index (χ1v) is 7.41. The van der Waals surface area contributed by atoms with Gasteiger partial charge in [-0.2, -0.15) is 5.10 Å². The summed E-state index contributed by atoms with van der Waals surface area (Å²) in [5.41, 5.74) is 4.89. The zero-order valence-electron chi connectivity index (χ0n) is 12.8. The van der Waals surface area contributed by atoms with Gasteiger partial charge in [-0.05, 0) is 36.2 Å². The molecule has 0 saturated carbocycles. The van der Waals surface area contributed by atoms with Gasteiger partial charge in [0.05, 0.1) is 17.4 Å². The number of hydrogen-bond acceptors (Lipinski definition) is 2. The lowest BCUT2D eigenvalue weighted by atomic mass is 10.1. The van der Waals surface area contributed by atoms with Crippen LogP contribution in [-0.2, 0) is 6.54 Å². The van der Waals surface area contributed by atoms with Crippen LogP contribution in [0.25, 0.3) is 16.6 Å². The highest BCUT2D eigenvalue weighted by Gasteiger charge is 2.06. The first-order chi connectivity index (χ1) is 10.1. The fraction of sp³-hybridized carbons (Fsp3) is 0.278. The molecule has 0 amide bonds. The first-order valence-electron chi connectivity index (χ1n) is 7.41. The second-order valence-corrected chi connectivity index (χ2v) is 5.76. The Labute approximate surface area is 125 Å². The molecule has 0 aliphatic heterocycles. The van der Waals surface area contributed by atoms with Crippen molar-refractivity contribution in [2.24, 2.45) is 0 Å². The van der Waals surface area contributed by atoms with Crippen molar-refractivity contribution < 1.29 is 0 Å². The van der Waals surface area contributed by atoms with Gasteiger partial charge in [0, 0.05) is 18.0 Å². The minimum Gasteiger partial charge on any atom is -0.310 e. The highest BCUT2D eigenvalue weighted by molar-refractivity contribution is 5.80. The van der Waals surface area contributed by atoms with Gasteiger partial charge in [0.2, 0.25) is 0 Å². The summed E-state index contributed by atoms with van der Waals surface area (Å²) in [7, 11) is 0. The van der Waals surface area contributed by atoms with Gasteiger partial charge in [-0.3, -0.25) is 0 Å². The molecule has 2 aromatic carbocycles. The highest BCUT2D eigenvalue weighted by atomic mass is 15.3. The molecule has 0 aliphatic rings. The van der Waals surface area contributed by atoms with Crippen LogP contribution in [0.1, 0.15) is 25.0 Å². The molecule has 0 bridgehead atoms. The van der Waals surface area contributed by atoms with Crippen LogP contribution in [0, 0.1) is 6.92 Å². The van der Waals surface area contributed by atoms with Crippen LogP contribution in [0.3, 0.4) is 0 Å². The van der Waals surface area contributed by atoms with Crippen LogP contribution < -0.4 is 5.32 Å². The number of nitrogens with zero attached hydrogens (tertiary/aromatic N) is 2. The zero-order valence-corrected chi connectivity index (χ0v) is 12.8. The van der Waals surface area contributed by atoms with Crippen LogP contribution in [0.15, 0.2) is 48.7 Å². The van der Waals surface area contributed by atoms with Crippen LogP contribution in [0.2, 0.25) is 0 Å². The molecule has 0 fully saturated rings. The van der Waals surface area contributed by atoms with Crippen LogP contribution in [-0.4, -0.2) is 15.8 Å². The van der Waals surface area contributed by atoms with Crippen molar-refractivity contribution in [1.29, 1.82) is 0 Å². The highest BCUT2D eigenvalue weighted by Crippen LogP contribution is 2.20. The standard InChI is InChI=1S/C18H21N3/c1-13(2)19-11-15-8-9-17(10-14(15)3)21-18-7-5-4-6-16(18)12-20-21/h4-10,12-13,19H,11H2,1-3H3. The number of para-hydroxylation sites is 1. The van der Waals surface area contributed by atoms with Crippen molar-refractivity contribution in [3.8, 4) is 5.69 Å². The molecule has 1 N–H and O–H groups in total. The third-order valence-electron chi connectivity index (χ3n) is 3.75.